The summed E-state index contributed by atoms with van der Waals surface area (Å²) in [7, 11) is 0. The first-order chi connectivity index (χ1) is 8.20. The zero-order valence-electron chi connectivity index (χ0n) is 8.72. The second-order valence-electron chi connectivity index (χ2n) is 3.28. The van der Waals surface area contributed by atoms with Crippen LogP contribution in [0.4, 0.5) is 13.2 Å². The van der Waals surface area contributed by atoms with Crippen LogP contribution in [0.15, 0.2) is 12.1 Å². The van der Waals surface area contributed by atoms with Gasteiger partial charge in [-0.25, -0.2) is 4.79 Å². The summed E-state index contributed by atoms with van der Waals surface area (Å²) in [6.07, 6.45) is -5.59. The molecule has 3 nitrogen and oxygen atoms in total. The van der Waals surface area contributed by atoms with E-state index in [-0.39, 0.29) is 21.4 Å². The van der Waals surface area contributed by atoms with Gasteiger partial charge in [0.25, 0.3) is 0 Å². The maximum absolute atomic E-state index is 11.9. The van der Waals surface area contributed by atoms with Crippen molar-refractivity contribution in [3.63, 3.8) is 0 Å². The Labute approximate surface area is 110 Å². The third-order valence-electron chi connectivity index (χ3n) is 1.87. The number of aromatic carboxylic acids is 1. The van der Waals surface area contributed by atoms with Crippen LogP contribution in [0.3, 0.4) is 0 Å². The van der Waals surface area contributed by atoms with E-state index in [2.05, 4.69) is 0 Å². The van der Waals surface area contributed by atoms with Crippen LogP contribution in [-0.4, -0.2) is 23.9 Å². The molecule has 0 aliphatic carbocycles. The van der Waals surface area contributed by atoms with Crippen molar-refractivity contribution in [1.29, 1.82) is 0 Å². The highest BCUT2D eigenvalue weighted by Crippen LogP contribution is 2.33. The molecule has 0 aromatic heterocycles. The Bertz CT molecular complexity index is 460. The molecule has 1 aromatic carbocycles. The second kappa shape index (κ2) is 5.67. The molecule has 0 heterocycles. The fraction of sp³-hybridized carbons (Fsp3) is 0.300. The first kappa shape index (κ1) is 14.9. The Morgan fingerprint density at radius 3 is 2.44 bits per heavy atom. The summed E-state index contributed by atoms with van der Waals surface area (Å²) >= 11 is 11.3. The Hall–Kier alpha value is -1.14. The van der Waals surface area contributed by atoms with Crippen molar-refractivity contribution in [2.24, 2.45) is 0 Å². The smallest absolute Gasteiger partial charge is 0.392 e. The number of ether oxygens (including phenoxy) is 1. The predicted molar refractivity (Wildman–Crippen MR) is 59.6 cm³/mol. The fourth-order valence-corrected chi connectivity index (χ4v) is 1.68. The summed E-state index contributed by atoms with van der Waals surface area (Å²) in [5.41, 5.74) is -0.380. The molecule has 0 bridgehead atoms. The van der Waals surface area contributed by atoms with E-state index in [1.165, 1.54) is 6.07 Å². The van der Waals surface area contributed by atoms with Crippen LogP contribution in [0.25, 0.3) is 0 Å². The SMILES string of the molecule is O=C(O)c1cc(Cl)cc(Cl)c1OCCC(F)(F)F. The van der Waals surface area contributed by atoms with E-state index in [9.17, 15) is 18.0 Å². The third-order valence-corrected chi connectivity index (χ3v) is 2.37. The summed E-state index contributed by atoms with van der Waals surface area (Å²) in [6, 6.07) is 2.25. The first-order valence-electron chi connectivity index (χ1n) is 4.62. The van der Waals surface area contributed by atoms with Crippen LogP contribution in [-0.2, 0) is 0 Å². The number of alkyl halides is 3. The lowest BCUT2D eigenvalue weighted by atomic mass is 10.2. The number of hydrogen-bond donors (Lipinski definition) is 1. The molecule has 1 rings (SSSR count). The van der Waals surface area contributed by atoms with Gasteiger partial charge in [-0.2, -0.15) is 13.2 Å². The average molecular weight is 303 g/mol. The van der Waals surface area contributed by atoms with Gasteiger partial charge in [0.15, 0.2) is 5.75 Å². The van der Waals surface area contributed by atoms with Gasteiger partial charge in [0, 0.05) is 5.02 Å². The Kier molecular flexibility index (Phi) is 4.70. The van der Waals surface area contributed by atoms with E-state index in [1.807, 2.05) is 0 Å². The van der Waals surface area contributed by atoms with Gasteiger partial charge in [0.05, 0.1) is 18.1 Å². The highest BCUT2D eigenvalue weighted by molar-refractivity contribution is 6.36. The molecule has 0 aliphatic rings. The van der Waals surface area contributed by atoms with Gasteiger partial charge in [-0.3, -0.25) is 0 Å². The molecule has 0 amide bonds. The zero-order chi connectivity index (χ0) is 13.9. The topological polar surface area (TPSA) is 46.5 Å². The predicted octanol–water partition coefficient (Wildman–Crippen LogP) is 4.02. The van der Waals surface area contributed by atoms with E-state index in [0.29, 0.717) is 0 Å². The number of halogens is 5. The first-order valence-corrected chi connectivity index (χ1v) is 5.38. The number of benzene rings is 1. The molecular formula is C10H7Cl2F3O3. The van der Waals surface area contributed by atoms with Crippen LogP contribution in [0.2, 0.25) is 10.0 Å². The van der Waals surface area contributed by atoms with Crippen molar-refractivity contribution < 1.29 is 27.8 Å². The van der Waals surface area contributed by atoms with Crippen LogP contribution in [0, 0.1) is 0 Å². The molecule has 0 radical (unpaired) electrons. The molecule has 0 unspecified atom stereocenters. The maximum atomic E-state index is 11.9. The average Bonchev–Trinajstić information content (AvgIpc) is 2.18. The standard InChI is InChI=1S/C10H7Cl2F3O3/c11-5-3-6(9(16)17)8(7(12)4-5)18-2-1-10(13,14)15/h3-4H,1-2H2,(H,16,17). The van der Waals surface area contributed by atoms with Crippen LogP contribution >= 0.6 is 23.2 Å². The normalized spacial score (nSPS) is 11.4. The Morgan fingerprint density at radius 1 is 1.33 bits per heavy atom. The van der Waals surface area contributed by atoms with E-state index in [0.717, 1.165) is 6.07 Å². The molecule has 0 fully saturated rings. The minimum Gasteiger partial charge on any atom is -0.491 e. The molecule has 1 aromatic rings. The largest absolute Gasteiger partial charge is 0.491 e. The van der Waals surface area contributed by atoms with Crippen molar-refractivity contribution in [3.8, 4) is 5.75 Å². The van der Waals surface area contributed by atoms with E-state index >= 15 is 0 Å². The summed E-state index contributed by atoms with van der Waals surface area (Å²) in [4.78, 5) is 10.9. The third kappa shape index (κ3) is 4.27. The second-order valence-corrected chi connectivity index (χ2v) is 4.13. The highest BCUT2D eigenvalue weighted by atomic mass is 35.5. The molecule has 100 valence electrons. The quantitative estimate of drug-likeness (QED) is 0.913. The molecule has 0 atom stereocenters. The van der Waals surface area contributed by atoms with Gasteiger partial charge in [-0.1, -0.05) is 23.2 Å². The Balaban J connectivity index is 2.91. The summed E-state index contributed by atoms with van der Waals surface area (Å²) in [6.45, 7) is -0.717. The van der Waals surface area contributed by atoms with Gasteiger partial charge < -0.3 is 9.84 Å². The molecule has 0 saturated heterocycles. The van der Waals surface area contributed by atoms with Crippen molar-refractivity contribution in [2.75, 3.05) is 6.61 Å². The molecule has 8 heteroatoms. The number of carboxylic acid groups (broad SMARTS) is 1. The number of carbonyl (C=O) groups is 1. The molecule has 1 N–H and O–H groups in total. The van der Waals surface area contributed by atoms with E-state index in [1.54, 1.807) is 0 Å². The molecule has 18 heavy (non-hydrogen) atoms. The number of rotatable bonds is 4. The molecular weight excluding hydrogens is 296 g/mol. The van der Waals surface area contributed by atoms with Crippen LogP contribution in [0.5, 0.6) is 5.75 Å². The van der Waals surface area contributed by atoms with Crippen molar-refractivity contribution >= 4 is 29.2 Å². The monoisotopic (exact) mass is 302 g/mol. The van der Waals surface area contributed by atoms with Gasteiger partial charge in [0.2, 0.25) is 0 Å². The Morgan fingerprint density at radius 2 is 1.94 bits per heavy atom. The minimum absolute atomic E-state index is 0.0561. The molecule has 0 aliphatic heterocycles. The van der Waals surface area contributed by atoms with Gasteiger partial charge >= 0.3 is 12.1 Å². The van der Waals surface area contributed by atoms with Gasteiger partial charge in [-0.05, 0) is 12.1 Å². The van der Waals surface area contributed by atoms with Crippen LogP contribution < -0.4 is 4.74 Å². The summed E-state index contributed by atoms with van der Waals surface area (Å²) in [5.74, 6) is -1.71. The minimum atomic E-state index is -4.39. The lowest BCUT2D eigenvalue weighted by molar-refractivity contribution is -0.139. The van der Waals surface area contributed by atoms with Crippen LogP contribution in [0.1, 0.15) is 16.8 Å². The van der Waals surface area contributed by atoms with Crippen molar-refractivity contribution in [1.82, 2.24) is 0 Å². The number of carboxylic acids is 1. The zero-order valence-corrected chi connectivity index (χ0v) is 10.2. The van der Waals surface area contributed by atoms with Gasteiger partial charge in [-0.15, -0.1) is 0 Å². The van der Waals surface area contributed by atoms with Crippen molar-refractivity contribution in [2.45, 2.75) is 12.6 Å². The summed E-state index contributed by atoms with van der Waals surface area (Å²) < 4.78 is 40.6. The maximum Gasteiger partial charge on any atom is 0.392 e. The van der Waals surface area contributed by atoms with Gasteiger partial charge in [0.1, 0.15) is 5.56 Å². The lowest BCUT2D eigenvalue weighted by Crippen LogP contribution is -2.14. The summed E-state index contributed by atoms with van der Waals surface area (Å²) in [5, 5.41) is 8.76. The van der Waals surface area contributed by atoms with Crippen molar-refractivity contribution in [3.05, 3.63) is 27.7 Å². The fourth-order valence-electron chi connectivity index (χ4n) is 1.13. The highest BCUT2D eigenvalue weighted by Gasteiger charge is 2.27. The molecule has 0 saturated carbocycles. The molecule has 0 spiro atoms. The van der Waals surface area contributed by atoms with E-state index < -0.39 is 25.2 Å². The number of hydrogen-bond acceptors (Lipinski definition) is 2. The lowest BCUT2D eigenvalue weighted by Gasteiger charge is -2.12. The van der Waals surface area contributed by atoms with E-state index in [4.69, 9.17) is 33.0 Å².